The van der Waals surface area contributed by atoms with Gasteiger partial charge in [-0.25, -0.2) is 4.98 Å². The van der Waals surface area contributed by atoms with Crippen LogP contribution in [0.4, 0.5) is 0 Å². The molecule has 2 aromatic heterocycles. The van der Waals surface area contributed by atoms with Gasteiger partial charge in [0.15, 0.2) is 0 Å². The number of aromatic nitrogens is 2. The Hall–Kier alpha value is -3.44. The summed E-state index contributed by atoms with van der Waals surface area (Å²) in [4.78, 5) is 8.89. The SMILES string of the molecule is CC(Oc1ccc2c(c1)[C@@H](O)[C@H](Cc1cccnc1)CO2)c1ccc2ccccc2n1. The summed E-state index contributed by atoms with van der Waals surface area (Å²) in [6.07, 6.45) is 3.44. The Morgan fingerprint density at radius 3 is 2.87 bits per heavy atom. The maximum absolute atomic E-state index is 11.0. The van der Waals surface area contributed by atoms with Gasteiger partial charge >= 0.3 is 0 Å². The molecule has 1 unspecified atom stereocenters. The number of hydrogen-bond acceptors (Lipinski definition) is 5. The molecule has 5 nitrogen and oxygen atoms in total. The van der Waals surface area contributed by atoms with E-state index in [0.29, 0.717) is 24.5 Å². The maximum Gasteiger partial charge on any atom is 0.138 e. The summed E-state index contributed by atoms with van der Waals surface area (Å²) in [5.74, 6) is 1.36. The number of fused-ring (bicyclic) bond motifs is 2. The molecule has 1 aliphatic rings. The summed E-state index contributed by atoms with van der Waals surface area (Å²) in [5.41, 5.74) is 3.66. The van der Waals surface area contributed by atoms with Crippen LogP contribution < -0.4 is 9.47 Å². The van der Waals surface area contributed by atoms with Crippen molar-refractivity contribution in [3.8, 4) is 11.5 Å². The zero-order valence-electron chi connectivity index (χ0n) is 17.3. The van der Waals surface area contributed by atoms with Crippen molar-refractivity contribution in [2.45, 2.75) is 25.6 Å². The van der Waals surface area contributed by atoms with Gasteiger partial charge in [-0.05, 0) is 55.3 Å². The van der Waals surface area contributed by atoms with Gasteiger partial charge in [-0.1, -0.05) is 30.3 Å². The lowest BCUT2D eigenvalue weighted by Crippen LogP contribution is -2.27. The first-order chi connectivity index (χ1) is 15.2. The third kappa shape index (κ3) is 4.09. The Balaban J connectivity index is 1.34. The highest BCUT2D eigenvalue weighted by Crippen LogP contribution is 2.39. The molecule has 156 valence electrons. The highest BCUT2D eigenvalue weighted by atomic mass is 16.5. The first-order valence-corrected chi connectivity index (χ1v) is 10.5. The van der Waals surface area contributed by atoms with E-state index in [1.165, 1.54) is 0 Å². The van der Waals surface area contributed by atoms with E-state index >= 15 is 0 Å². The second-order valence-corrected chi connectivity index (χ2v) is 7.97. The molecule has 1 N–H and O–H groups in total. The van der Waals surface area contributed by atoms with E-state index in [9.17, 15) is 5.11 Å². The van der Waals surface area contributed by atoms with Gasteiger partial charge in [0, 0.05) is 29.3 Å². The Morgan fingerprint density at radius 1 is 1.10 bits per heavy atom. The van der Waals surface area contributed by atoms with Gasteiger partial charge in [-0.2, -0.15) is 0 Å². The average molecular weight is 412 g/mol. The zero-order chi connectivity index (χ0) is 21.2. The summed E-state index contributed by atoms with van der Waals surface area (Å²) in [5, 5.41) is 12.1. The summed E-state index contributed by atoms with van der Waals surface area (Å²) >= 11 is 0. The van der Waals surface area contributed by atoms with Crippen LogP contribution in [0.3, 0.4) is 0 Å². The van der Waals surface area contributed by atoms with Crippen LogP contribution in [0.5, 0.6) is 11.5 Å². The third-order valence-electron chi connectivity index (χ3n) is 5.77. The molecule has 0 aliphatic carbocycles. The number of benzene rings is 2. The summed E-state index contributed by atoms with van der Waals surface area (Å²) < 4.78 is 12.1. The van der Waals surface area contributed by atoms with Gasteiger partial charge in [0.05, 0.1) is 23.9 Å². The molecule has 1 aliphatic heterocycles. The highest BCUT2D eigenvalue weighted by Gasteiger charge is 2.30. The first kappa shape index (κ1) is 19.5. The smallest absolute Gasteiger partial charge is 0.138 e. The number of hydrogen-bond donors (Lipinski definition) is 1. The second kappa shape index (κ2) is 8.36. The van der Waals surface area contributed by atoms with Crippen LogP contribution in [-0.4, -0.2) is 21.7 Å². The molecule has 3 atom stereocenters. The van der Waals surface area contributed by atoms with E-state index in [4.69, 9.17) is 14.5 Å². The zero-order valence-corrected chi connectivity index (χ0v) is 17.3. The lowest BCUT2D eigenvalue weighted by atomic mass is 9.88. The Bertz CT molecular complexity index is 1200. The fourth-order valence-electron chi connectivity index (χ4n) is 4.07. The van der Waals surface area contributed by atoms with Crippen molar-refractivity contribution < 1.29 is 14.6 Å². The summed E-state index contributed by atoms with van der Waals surface area (Å²) in [7, 11) is 0. The molecule has 0 amide bonds. The molecular formula is C26H24N2O3. The van der Waals surface area contributed by atoms with Gasteiger partial charge in [0.1, 0.15) is 17.6 Å². The number of ether oxygens (including phenoxy) is 2. The highest BCUT2D eigenvalue weighted by molar-refractivity contribution is 5.78. The van der Waals surface area contributed by atoms with Crippen molar-refractivity contribution in [2.75, 3.05) is 6.61 Å². The number of nitrogens with zero attached hydrogens (tertiary/aromatic N) is 2. The molecule has 0 saturated heterocycles. The Morgan fingerprint density at radius 2 is 2.00 bits per heavy atom. The van der Waals surface area contributed by atoms with Crippen molar-refractivity contribution in [1.82, 2.24) is 9.97 Å². The lowest BCUT2D eigenvalue weighted by molar-refractivity contribution is 0.0502. The average Bonchev–Trinajstić information content (AvgIpc) is 2.81. The molecule has 0 bridgehead atoms. The van der Waals surface area contributed by atoms with Crippen LogP contribution in [0.2, 0.25) is 0 Å². The van der Waals surface area contributed by atoms with E-state index < -0.39 is 6.10 Å². The van der Waals surface area contributed by atoms with Crippen LogP contribution in [0.1, 0.15) is 36.0 Å². The molecule has 3 heterocycles. The normalized spacial score (nSPS) is 18.8. The van der Waals surface area contributed by atoms with E-state index in [1.807, 2.05) is 73.8 Å². The molecule has 0 fully saturated rings. The predicted molar refractivity (Wildman–Crippen MR) is 119 cm³/mol. The van der Waals surface area contributed by atoms with E-state index in [2.05, 4.69) is 11.1 Å². The van der Waals surface area contributed by atoms with Gasteiger partial charge in [0.25, 0.3) is 0 Å². The van der Waals surface area contributed by atoms with E-state index in [-0.39, 0.29) is 12.0 Å². The molecule has 31 heavy (non-hydrogen) atoms. The fraction of sp³-hybridized carbons (Fsp3) is 0.231. The molecular weight excluding hydrogens is 388 g/mol. The lowest BCUT2D eigenvalue weighted by Gasteiger charge is -2.31. The topological polar surface area (TPSA) is 64.5 Å². The largest absolute Gasteiger partial charge is 0.493 e. The minimum atomic E-state index is -0.624. The molecule has 2 aromatic carbocycles. The van der Waals surface area contributed by atoms with Crippen molar-refractivity contribution >= 4 is 10.9 Å². The maximum atomic E-state index is 11.0. The molecule has 4 aromatic rings. The van der Waals surface area contributed by atoms with Crippen LogP contribution >= 0.6 is 0 Å². The van der Waals surface area contributed by atoms with Crippen LogP contribution in [-0.2, 0) is 6.42 Å². The van der Waals surface area contributed by atoms with Gasteiger partial charge < -0.3 is 14.6 Å². The molecule has 5 rings (SSSR count). The quantitative estimate of drug-likeness (QED) is 0.497. The number of pyridine rings is 2. The van der Waals surface area contributed by atoms with E-state index in [0.717, 1.165) is 27.7 Å². The van der Waals surface area contributed by atoms with Crippen molar-refractivity contribution in [1.29, 1.82) is 0 Å². The number of aliphatic hydroxyl groups excluding tert-OH is 1. The predicted octanol–water partition coefficient (Wildman–Crippen LogP) is 5.05. The van der Waals surface area contributed by atoms with Crippen LogP contribution in [0.15, 0.2) is 79.1 Å². The van der Waals surface area contributed by atoms with Crippen molar-refractivity contribution in [3.63, 3.8) is 0 Å². The number of para-hydroxylation sites is 1. The van der Waals surface area contributed by atoms with Gasteiger partial charge in [0.2, 0.25) is 0 Å². The summed E-state index contributed by atoms with van der Waals surface area (Å²) in [6.45, 7) is 2.45. The molecule has 0 spiro atoms. The second-order valence-electron chi connectivity index (χ2n) is 7.97. The van der Waals surface area contributed by atoms with Crippen molar-refractivity contribution in [3.05, 3.63) is 95.9 Å². The Kier molecular flexibility index (Phi) is 5.26. The Labute approximate surface area is 181 Å². The minimum absolute atomic E-state index is 0.0356. The van der Waals surface area contributed by atoms with Crippen molar-refractivity contribution in [2.24, 2.45) is 5.92 Å². The summed E-state index contributed by atoms with van der Waals surface area (Å²) in [6, 6.07) is 21.7. The van der Waals surface area contributed by atoms with Gasteiger partial charge in [-0.3, -0.25) is 4.98 Å². The first-order valence-electron chi connectivity index (χ1n) is 10.5. The number of aliphatic hydroxyl groups is 1. The van der Waals surface area contributed by atoms with Crippen LogP contribution in [0.25, 0.3) is 10.9 Å². The van der Waals surface area contributed by atoms with Crippen LogP contribution in [0, 0.1) is 5.92 Å². The minimum Gasteiger partial charge on any atom is -0.493 e. The fourth-order valence-corrected chi connectivity index (χ4v) is 4.07. The number of rotatable bonds is 5. The van der Waals surface area contributed by atoms with Gasteiger partial charge in [-0.15, -0.1) is 0 Å². The molecule has 0 radical (unpaired) electrons. The molecule has 0 saturated carbocycles. The van der Waals surface area contributed by atoms with E-state index in [1.54, 1.807) is 6.20 Å². The molecule has 5 heteroatoms. The monoisotopic (exact) mass is 412 g/mol. The standard InChI is InChI=1S/C26H24N2O3/c1-17(23-10-8-19-6-2-3-7-24(19)28-23)31-21-9-11-25-22(14-21)26(29)20(16-30-25)13-18-5-4-12-27-15-18/h2-12,14-15,17,20,26,29H,13,16H2,1H3/t17?,20-,26+/m1/s1. The third-order valence-corrected chi connectivity index (χ3v) is 5.77.